The lowest BCUT2D eigenvalue weighted by Crippen LogP contribution is -2.33. The fraction of sp³-hybridized carbons (Fsp3) is 0.412. The number of carbonyl (C=O) groups excluding carboxylic acids is 1. The zero-order valence-corrected chi connectivity index (χ0v) is 13.1. The van der Waals surface area contributed by atoms with E-state index in [0.29, 0.717) is 12.5 Å². The summed E-state index contributed by atoms with van der Waals surface area (Å²) in [6, 6.07) is 8.71. The summed E-state index contributed by atoms with van der Waals surface area (Å²) in [4.78, 5) is 16.6. The van der Waals surface area contributed by atoms with Crippen molar-refractivity contribution >= 4 is 17.2 Å². The van der Waals surface area contributed by atoms with E-state index in [0.717, 1.165) is 29.1 Å². The molecule has 4 heteroatoms. The Hall–Kier alpha value is -1.68. The van der Waals surface area contributed by atoms with Crippen LogP contribution in [-0.2, 0) is 11.2 Å². The van der Waals surface area contributed by atoms with Gasteiger partial charge in [-0.05, 0) is 19.8 Å². The highest BCUT2D eigenvalue weighted by Crippen LogP contribution is 2.24. The molecular weight excluding hydrogens is 280 g/mol. The highest BCUT2D eigenvalue weighted by molar-refractivity contribution is 7.13. The molecule has 1 aliphatic carbocycles. The molecule has 110 valence electrons. The molecule has 0 unspecified atom stereocenters. The normalized spacial score (nSPS) is 15.3. The standard InChI is InChI=1S/C17H20N2OS/c1-12-6-8-13(9-7-12)17-19-15(11-21-17)10-16(20)18-14-4-2-3-5-14/h6-9,11,14H,2-5,10H2,1H3,(H,18,20). The second-order valence-corrected chi connectivity index (χ2v) is 6.59. The molecule has 0 atom stereocenters. The average Bonchev–Trinajstić information content (AvgIpc) is 3.11. The second-order valence-electron chi connectivity index (χ2n) is 5.74. The minimum Gasteiger partial charge on any atom is -0.353 e. The van der Waals surface area contributed by atoms with Crippen molar-refractivity contribution in [1.82, 2.24) is 10.3 Å². The van der Waals surface area contributed by atoms with Gasteiger partial charge in [-0.1, -0.05) is 42.7 Å². The Morgan fingerprint density at radius 3 is 2.71 bits per heavy atom. The Bertz CT molecular complexity index is 612. The molecule has 1 saturated carbocycles. The molecule has 0 saturated heterocycles. The SMILES string of the molecule is Cc1ccc(-c2nc(CC(=O)NC3CCCC3)cs2)cc1. The number of thiazole rings is 1. The smallest absolute Gasteiger partial charge is 0.226 e. The first-order valence-corrected chi connectivity index (χ1v) is 8.39. The van der Waals surface area contributed by atoms with Crippen molar-refractivity contribution < 1.29 is 4.79 Å². The Kier molecular flexibility index (Phi) is 4.34. The van der Waals surface area contributed by atoms with E-state index in [1.165, 1.54) is 18.4 Å². The number of hydrogen-bond donors (Lipinski definition) is 1. The molecule has 2 aromatic rings. The molecule has 1 heterocycles. The van der Waals surface area contributed by atoms with Crippen LogP contribution in [0.3, 0.4) is 0 Å². The van der Waals surface area contributed by atoms with Crippen molar-refractivity contribution in [2.24, 2.45) is 0 Å². The van der Waals surface area contributed by atoms with Gasteiger partial charge in [-0.25, -0.2) is 4.98 Å². The number of amides is 1. The first kappa shape index (κ1) is 14.3. The predicted molar refractivity (Wildman–Crippen MR) is 86.4 cm³/mol. The lowest BCUT2D eigenvalue weighted by Gasteiger charge is -2.10. The minimum atomic E-state index is 0.0997. The summed E-state index contributed by atoms with van der Waals surface area (Å²) in [5, 5.41) is 6.08. The molecule has 0 bridgehead atoms. The summed E-state index contributed by atoms with van der Waals surface area (Å²) >= 11 is 1.60. The zero-order valence-electron chi connectivity index (χ0n) is 12.3. The van der Waals surface area contributed by atoms with E-state index in [4.69, 9.17) is 0 Å². The lowest BCUT2D eigenvalue weighted by atomic mass is 10.2. The molecule has 1 amide bonds. The van der Waals surface area contributed by atoms with Crippen molar-refractivity contribution in [3.05, 3.63) is 40.9 Å². The number of carbonyl (C=O) groups is 1. The van der Waals surface area contributed by atoms with Crippen LogP contribution in [0.2, 0.25) is 0 Å². The molecule has 1 aromatic carbocycles. The van der Waals surface area contributed by atoms with E-state index in [2.05, 4.69) is 41.5 Å². The van der Waals surface area contributed by atoms with Gasteiger partial charge >= 0.3 is 0 Å². The summed E-state index contributed by atoms with van der Waals surface area (Å²) in [5.74, 6) is 0.0997. The highest BCUT2D eigenvalue weighted by atomic mass is 32.1. The largest absolute Gasteiger partial charge is 0.353 e. The van der Waals surface area contributed by atoms with Crippen LogP contribution in [-0.4, -0.2) is 16.9 Å². The topological polar surface area (TPSA) is 42.0 Å². The molecule has 1 N–H and O–H groups in total. The van der Waals surface area contributed by atoms with Gasteiger partial charge in [0.1, 0.15) is 5.01 Å². The van der Waals surface area contributed by atoms with Crippen molar-refractivity contribution in [3.8, 4) is 10.6 Å². The van der Waals surface area contributed by atoms with Crippen LogP contribution in [0, 0.1) is 6.92 Å². The van der Waals surface area contributed by atoms with Crippen LogP contribution in [0.15, 0.2) is 29.6 Å². The van der Waals surface area contributed by atoms with Crippen molar-refractivity contribution in [1.29, 1.82) is 0 Å². The van der Waals surface area contributed by atoms with Gasteiger partial charge in [-0.15, -0.1) is 11.3 Å². The van der Waals surface area contributed by atoms with E-state index in [9.17, 15) is 4.79 Å². The van der Waals surface area contributed by atoms with Crippen LogP contribution in [0.1, 0.15) is 36.9 Å². The van der Waals surface area contributed by atoms with Crippen LogP contribution in [0.5, 0.6) is 0 Å². The Labute approximate surface area is 129 Å². The monoisotopic (exact) mass is 300 g/mol. The van der Waals surface area contributed by atoms with Gasteiger partial charge in [0.15, 0.2) is 0 Å². The second kappa shape index (κ2) is 6.39. The van der Waals surface area contributed by atoms with Crippen molar-refractivity contribution in [2.75, 3.05) is 0 Å². The van der Waals surface area contributed by atoms with E-state index >= 15 is 0 Å². The number of aryl methyl sites for hydroxylation is 1. The molecule has 1 aliphatic rings. The maximum Gasteiger partial charge on any atom is 0.226 e. The Balaban J connectivity index is 1.61. The van der Waals surface area contributed by atoms with Crippen molar-refractivity contribution in [2.45, 2.75) is 45.1 Å². The van der Waals surface area contributed by atoms with Crippen LogP contribution < -0.4 is 5.32 Å². The average molecular weight is 300 g/mol. The van der Waals surface area contributed by atoms with Gasteiger partial charge in [0.25, 0.3) is 0 Å². The molecule has 3 rings (SSSR count). The van der Waals surface area contributed by atoms with Gasteiger partial charge in [0, 0.05) is 17.0 Å². The Morgan fingerprint density at radius 1 is 1.29 bits per heavy atom. The molecule has 0 spiro atoms. The van der Waals surface area contributed by atoms with Crippen LogP contribution in [0.4, 0.5) is 0 Å². The molecular formula is C17H20N2OS. The fourth-order valence-corrected chi connectivity index (χ4v) is 3.56. The number of aromatic nitrogens is 1. The van der Waals surface area contributed by atoms with Crippen molar-refractivity contribution in [3.63, 3.8) is 0 Å². The molecule has 0 aliphatic heterocycles. The number of rotatable bonds is 4. The third-order valence-corrected chi connectivity index (χ3v) is 4.85. The maximum absolute atomic E-state index is 12.0. The highest BCUT2D eigenvalue weighted by Gasteiger charge is 2.17. The molecule has 0 radical (unpaired) electrons. The molecule has 3 nitrogen and oxygen atoms in total. The van der Waals surface area contributed by atoms with Gasteiger partial charge in [0.2, 0.25) is 5.91 Å². The third-order valence-electron chi connectivity index (χ3n) is 3.91. The van der Waals surface area contributed by atoms with E-state index in [-0.39, 0.29) is 5.91 Å². The summed E-state index contributed by atoms with van der Waals surface area (Å²) in [6.45, 7) is 2.07. The summed E-state index contributed by atoms with van der Waals surface area (Å²) < 4.78 is 0. The predicted octanol–water partition coefficient (Wildman–Crippen LogP) is 3.72. The van der Waals surface area contributed by atoms with E-state index in [1.54, 1.807) is 11.3 Å². The van der Waals surface area contributed by atoms with Gasteiger partial charge < -0.3 is 5.32 Å². The summed E-state index contributed by atoms with van der Waals surface area (Å²) in [7, 11) is 0. The van der Waals surface area contributed by atoms with E-state index < -0.39 is 0 Å². The first-order valence-electron chi connectivity index (χ1n) is 7.51. The van der Waals surface area contributed by atoms with Crippen LogP contribution >= 0.6 is 11.3 Å². The molecule has 21 heavy (non-hydrogen) atoms. The third kappa shape index (κ3) is 3.70. The number of hydrogen-bond acceptors (Lipinski definition) is 3. The van der Waals surface area contributed by atoms with E-state index in [1.807, 2.05) is 5.38 Å². The maximum atomic E-state index is 12.0. The number of nitrogens with zero attached hydrogens (tertiary/aromatic N) is 1. The quantitative estimate of drug-likeness (QED) is 0.935. The lowest BCUT2D eigenvalue weighted by molar-refractivity contribution is -0.121. The number of benzene rings is 1. The molecule has 1 fully saturated rings. The zero-order chi connectivity index (χ0) is 14.7. The van der Waals surface area contributed by atoms with Crippen LogP contribution in [0.25, 0.3) is 10.6 Å². The molecule has 1 aromatic heterocycles. The minimum absolute atomic E-state index is 0.0997. The number of nitrogens with one attached hydrogen (secondary N) is 1. The van der Waals surface area contributed by atoms with Gasteiger partial charge in [0.05, 0.1) is 12.1 Å². The first-order chi connectivity index (χ1) is 10.2. The Morgan fingerprint density at radius 2 is 2.00 bits per heavy atom. The fourth-order valence-electron chi connectivity index (χ4n) is 2.73. The van der Waals surface area contributed by atoms with Gasteiger partial charge in [-0.2, -0.15) is 0 Å². The summed E-state index contributed by atoms with van der Waals surface area (Å²) in [6.07, 6.45) is 5.10. The summed E-state index contributed by atoms with van der Waals surface area (Å²) in [5.41, 5.74) is 3.23. The van der Waals surface area contributed by atoms with Gasteiger partial charge in [-0.3, -0.25) is 4.79 Å².